The van der Waals surface area contributed by atoms with Crippen LogP contribution < -0.4 is 4.74 Å². The molecule has 0 saturated carbocycles. The molecule has 3 nitrogen and oxygen atoms in total. The van der Waals surface area contributed by atoms with Crippen LogP contribution >= 0.6 is 15.9 Å². The van der Waals surface area contributed by atoms with Crippen molar-refractivity contribution in [1.82, 2.24) is 4.98 Å². The van der Waals surface area contributed by atoms with Gasteiger partial charge >= 0.3 is 6.36 Å². The smallest absolute Gasteiger partial charge is 0.387 e. The summed E-state index contributed by atoms with van der Waals surface area (Å²) in [6.45, 7) is 0. The highest BCUT2D eigenvalue weighted by Gasteiger charge is 2.34. The van der Waals surface area contributed by atoms with E-state index < -0.39 is 24.2 Å². The van der Waals surface area contributed by atoms with E-state index in [0.29, 0.717) is 6.07 Å². The Hall–Kier alpha value is -1.43. The number of aromatic nitrogens is 1. The van der Waals surface area contributed by atoms with Crippen molar-refractivity contribution >= 4 is 15.9 Å². The van der Waals surface area contributed by atoms with Gasteiger partial charge in [-0.25, -0.2) is 13.8 Å². The van der Waals surface area contributed by atoms with Gasteiger partial charge in [-0.05, 0) is 22.0 Å². The molecule has 0 bridgehead atoms. The summed E-state index contributed by atoms with van der Waals surface area (Å²) in [7, 11) is 0. The molecule has 0 aliphatic carbocycles. The van der Waals surface area contributed by atoms with Crippen LogP contribution in [0.5, 0.6) is 5.88 Å². The minimum absolute atomic E-state index is 0.302. The minimum atomic E-state index is -5.13. The third kappa shape index (κ3) is 3.52. The van der Waals surface area contributed by atoms with Crippen LogP contribution in [-0.2, 0) is 0 Å². The van der Waals surface area contributed by atoms with Crippen molar-refractivity contribution in [2.75, 3.05) is 0 Å². The fourth-order valence-corrected chi connectivity index (χ4v) is 1.28. The first-order valence-corrected chi connectivity index (χ1v) is 4.68. The largest absolute Gasteiger partial charge is 0.574 e. The third-order valence-electron chi connectivity index (χ3n) is 1.54. The van der Waals surface area contributed by atoms with E-state index in [1.165, 1.54) is 6.07 Å². The third-order valence-corrected chi connectivity index (χ3v) is 2.14. The van der Waals surface area contributed by atoms with Gasteiger partial charge in [0, 0.05) is 0 Å². The number of halogens is 6. The lowest BCUT2D eigenvalue weighted by atomic mass is 10.2. The second-order valence-electron chi connectivity index (χ2n) is 2.68. The van der Waals surface area contributed by atoms with Crippen LogP contribution in [0, 0.1) is 11.3 Å². The Morgan fingerprint density at radius 1 is 1.41 bits per heavy atom. The molecule has 1 aromatic heterocycles. The van der Waals surface area contributed by atoms with Gasteiger partial charge in [0.25, 0.3) is 6.43 Å². The lowest BCUT2D eigenvalue weighted by molar-refractivity contribution is -0.276. The summed E-state index contributed by atoms with van der Waals surface area (Å²) in [5, 5.41) is 8.52. The number of hydrogen-bond donors (Lipinski definition) is 0. The Kier molecular flexibility index (Phi) is 3.87. The highest BCUT2D eigenvalue weighted by atomic mass is 79.9. The maximum absolute atomic E-state index is 12.4. The highest BCUT2D eigenvalue weighted by Crippen LogP contribution is 2.33. The number of rotatable bonds is 2. The molecule has 0 fully saturated rings. The second-order valence-corrected chi connectivity index (χ2v) is 3.43. The zero-order chi connectivity index (χ0) is 13.2. The van der Waals surface area contributed by atoms with Crippen LogP contribution in [0.3, 0.4) is 0 Å². The van der Waals surface area contributed by atoms with Gasteiger partial charge in [-0.3, -0.25) is 0 Å². The molecule has 9 heteroatoms. The van der Waals surface area contributed by atoms with Gasteiger partial charge < -0.3 is 4.74 Å². The van der Waals surface area contributed by atoms with Gasteiger partial charge in [-0.1, -0.05) is 0 Å². The molecule has 0 atom stereocenters. The fraction of sp³-hybridized carbons (Fsp3) is 0.250. The van der Waals surface area contributed by atoms with Crippen LogP contribution in [-0.4, -0.2) is 11.3 Å². The Bertz CT molecular complexity index is 468. The first-order chi connectivity index (χ1) is 7.74. The zero-order valence-electron chi connectivity index (χ0n) is 7.73. The van der Waals surface area contributed by atoms with Gasteiger partial charge in [0.15, 0.2) is 0 Å². The molecular weight excluding hydrogens is 315 g/mol. The summed E-state index contributed by atoms with van der Waals surface area (Å²) in [6.07, 6.45) is -8.37. The monoisotopic (exact) mass is 316 g/mol. The van der Waals surface area contributed by atoms with Gasteiger partial charge in [-0.2, -0.15) is 5.26 Å². The molecule has 0 saturated heterocycles. The number of pyridine rings is 1. The van der Waals surface area contributed by atoms with Crippen LogP contribution in [0.1, 0.15) is 17.6 Å². The standard InChI is InChI=1S/C8H2BrF5N2O/c9-5-3(2-15)1-4(6(10)11)7(16-5)17-8(12,13)14/h1,6H. The Morgan fingerprint density at radius 2 is 2.00 bits per heavy atom. The molecular formula is C8H2BrF5N2O. The summed E-state index contributed by atoms with van der Waals surface area (Å²) < 4.78 is 63.7. The molecule has 0 aliphatic heterocycles. The summed E-state index contributed by atoms with van der Waals surface area (Å²) >= 11 is 2.67. The summed E-state index contributed by atoms with van der Waals surface area (Å²) in [6, 6.07) is 2.09. The van der Waals surface area contributed by atoms with E-state index in [1.807, 2.05) is 0 Å². The number of alkyl halides is 5. The van der Waals surface area contributed by atoms with Gasteiger partial charge in [0.2, 0.25) is 5.88 Å². The molecule has 0 aliphatic rings. The topological polar surface area (TPSA) is 45.9 Å². The van der Waals surface area contributed by atoms with Crippen molar-refractivity contribution in [2.45, 2.75) is 12.8 Å². The average molecular weight is 317 g/mol. The van der Waals surface area contributed by atoms with Gasteiger partial charge in [-0.15, -0.1) is 13.2 Å². The first-order valence-electron chi connectivity index (χ1n) is 3.89. The summed E-state index contributed by atoms with van der Waals surface area (Å²) in [4.78, 5) is 3.12. The summed E-state index contributed by atoms with van der Waals surface area (Å²) in [5.74, 6) is -1.28. The molecule has 1 aromatic rings. The van der Waals surface area contributed by atoms with E-state index >= 15 is 0 Å². The van der Waals surface area contributed by atoms with E-state index in [1.54, 1.807) is 0 Å². The molecule has 92 valence electrons. The van der Waals surface area contributed by atoms with E-state index in [4.69, 9.17) is 5.26 Å². The van der Waals surface area contributed by atoms with Crippen molar-refractivity contribution in [3.05, 3.63) is 21.8 Å². The summed E-state index contributed by atoms with van der Waals surface area (Å²) in [5.41, 5.74) is -1.41. The lowest BCUT2D eigenvalue weighted by Gasteiger charge is -2.12. The molecule has 17 heavy (non-hydrogen) atoms. The maximum Gasteiger partial charge on any atom is 0.574 e. The zero-order valence-corrected chi connectivity index (χ0v) is 9.31. The molecule has 0 radical (unpaired) electrons. The lowest BCUT2D eigenvalue weighted by Crippen LogP contribution is -2.19. The molecule has 0 amide bonds. The quantitative estimate of drug-likeness (QED) is 0.619. The predicted molar refractivity (Wildman–Crippen MR) is 48.3 cm³/mol. The van der Waals surface area contributed by atoms with E-state index in [0.717, 1.165) is 0 Å². The Balaban J connectivity index is 3.29. The average Bonchev–Trinajstić information content (AvgIpc) is 2.14. The van der Waals surface area contributed by atoms with Crippen LogP contribution in [0.4, 0.5) is 22.0 Å². The molecule has 0 aromatic carbocycles. The Labute approximate surface area is 99.9 Å². The van der Waals surface area contributed by atoms with E-state index in [9.17, 15) is 22.0 Å². The van der Waals surface area contributed by atoms with Gasteiger partial charge in [0.05, 0.1) is 11.1 Å². The normalized spacial score (nSPS) is 11.4. The van der Waals surface area contributed by atoms with Crippen molar-refractivity contribution in [1.29, 1.82) is 5.26 Å². The predicted octanol–water partition coefficient (Wildman–Crippen LogP) is 3.55. The van der Waals surface area contributed by atoms with Gasteiger partial charge in [0.1, 0.15) is 10.7 Å². The molecule has 0 spiro atoms. The van der Waals surface area contributed by atoms with Crippen LogP contribution in [0.25, 0.3) is 0 Å². The van der Waals surface area contributed by atoms with Crippen molar-refractivity contribution in [2.24, 2.45) is 0 Å². The highest BCUT2D eigenvalue weighted by molar-refractivity contribution is 9.10. The van der Waals surface area contributed by atoms with Crippen molar-refractivity contribution in [3.63, 3.8) is 0 Å². The Morgan fingerprint density at radius 3 is 2.41 bits per heavy atom. The number of hydrogen-bond acceptors (Lipinski definition) is 3. The fourth-order valence-electron chi connectivity index (χ4n) is 0.917. The second kappa shape index (κ2) is 4.83. The molecule has 1 rings (SSSR count). The minimum Gasteiger partial charge on any atom is -0.387 e. The first kappa shape index (κ1) is 13.6. The van der Waals surface area contributed by atoms with Crippen LogP contribution in [0.2, 0.25) is 0 Å². The maximum atomic E-state index is 12.4. The molecule has 1 heterocycles. The number of nitriles is 1. The van der Waals surface area contributed by atoms with E-state index in [2.05, 4.69) is 25.7 Å². The van der Waals surface area contributed by atoms with Crippen LogP contribution in [0.15, 0.2) is 10.7 Å². The van der Waals surface area contributed by atoms with Crippen molar-refractivity contribution < 1.29 is 26.7 Å². The van der Waals surface area contributed by atoms with Crippen molar-refractivity contribution in [3.8, 4) is 11.9 Å². The molecule has 0 N–H and O–H groups in total. The number of ether oxygens (including phenoxy) is 1. The van der Waals surface area contributed by atoms with E-state index in [-0.39, 0.29) is 10.2 Å². The SMILES string of the molecule is N#Cc1cc(C(F)F)c(OC(F)(F)F)nc1Br. The number of nitrogens with zero attached hydrogens (tertiary/aromatic N) is 2. The molecule has 0 unspecified atom stereocenters.